The second kappa shape index (κ2) is 2.49. The lowest BCUT2D eigenvalue weighted by atomic mass is 10.1. The average molecular weight is 177 g/mol. The zero-order chi connectivity index (χ0) is 9.59. The highest BCUT2D eigenvalue weighted by Crippen LogP contribution is 2.18. The van der Waals surface area contributed by atoms with Gasteiger partial charge in [-0.1, -0.05) is 6.07 Å². The molecule has 0 bridgehead atoms. The SMILES string of the molecule is Cc1cc(C)c2c(c1)oc(=O)n2C. The maximum atomic E-state index is 11.2. The number of nitrogens with zero attached hydrogens (tertiary/aromatic N) is 1. The third-order valence-electron chi connectivity index (χ3n) is 2.22. The summed E-state index contributed by atoms with van der Waals surface area (Å²) in [6, 6.07) is 3.92. The fourth-order valence-electron chi connectivity index (χ4n) is 1.68. The van der Waals surface area contributed by atoms with Gasteiger partial charge in [-0.2, -0.15) is 0 Å². The minimum Gasteiger partial charge on any atom is -0.408 e. The van der Waals surface area contributed by atoms with Gasteiger partial charge >= 0.3 is 5.76 Å². The maximum Gasteiger partial charge on any atom is 0.419 e. The molecule has 13 heavy (non-hydrogen) atoms. The van der Waals surface area contributed by atoms with Crippen molar-refractivity contribution in [2.24, 2.45) is 7.05 Å². The Bertz CT molecular complexity index is 519. The van der Waals surface area contributed by atoms with Gasteiger partial charge in [0.25, 0.3) is 0 Å². The standard InChI is InChI=1S/C10H11NO2/c1-6-4-7(2)9-8(5-6)13-10(12)11(9)3/h4-5H,1-3H3. The van der Waals surface area contributed by atoms with E-state index < -0.39 is 0 Å². The van der Waals surface area contributed by atoms with Gasteiger partial charge in [0, 0.05) is 7.05 Å². The van der Waals surface area contributed by atoms with E-state index in [0.29, 0.717) is 5.58 Å². The quantitative estimate of drug-likeness (QED) is 0.614. The molecular weight excluding hydrogens is 166 g/mol. The Morgan fingerprint density at radius 1 is 1.31 bits per heavy atom. The molecule has 1 aromatic heterocycles. The molecule has 3 nitrogen and oxygen atoms in total. The van der Waals surface area contributed by atoms with E-state index in [0.717, 1.165) is 16.6 Å². The van der Waals surface area contributed by atoms with E-state index in [2.05, 4.69) is 0 Å². The number of hydrogen-bond acceptors (Lipinski definition) is 2. The van der Waals surface area contributed by atoms with E-state index in [4.69, 9.17) is 4.42 Å². The number of benzene rings is 1. The molecule has 0 fully saturated rings. The van der Waals surface area contributed by atoms with Crippen molar-refractivity contribution in [1.29, 1.82) is 0 Å². The van der Waals surface area contributed by atoms with Crippen molar-refractivity contribution in [2.45, 2.75) is 13.8 Å². The highest BCUT2D eigenvalue weighted by atomic mass is 16.4. The lowest BCUT2D eigenvalue weighted by molar-refractivity contribution is 0.528. The minimum absolute atomic E-state index is 0.302. The predicted molar refractivity (Wildman–Crippen MR) is 50.9 cm³/mol. The fraction of sp³-hybridized carbons (Fsp3) is 0.300. The van der Waals surface area contributed by atoms with Crippen molar-refractivity contribution in [3.8, 4) is 0 Å². The molecule has 0 aliphatic carbocycles. The van der Waals surface area contributed by atoms with Gasteiger partial charge in [-0.05, 0) is 31.0 Å². The van der Waals surface area contributed by atoms with E-state index in [1.165, 1.54) is 4.57 Å². The zero-order valence-corrected chi connectivity index (χ0v) is 7.92. The highest BCUT2D eigenvalue weighted by Gasteiger charge is 2.08. The molecule has 3 heteroatoms. The molecule has 0 amide bonds. The van der Waals surface area contributed by atoms with Crippen LogP contribution >= 0.6 is 0 Å². The van der Waals surface area contributed by atoms with E-state index in [9.17, 15) is 4.79 Å². The van der Waals surface area contributed by atoms with Crippen molar-refractivity contribution in [2.75, 3.05) is 0 Å². The average Bonchev–Trinajstić information content (AvgIpc) is 2.27. The Labute approximate surface area is 75.6 Å². The molecule has 1 aromatic carbocycles. The summed E-state index contributed by atoms with van der Waals surface area (Å²) in [5, 5.41) is 0. The van der Waals surface area contributed by atoms with Crippen LogP contribution in [0.1, 0.15) is 11.1 Å². The van der Waals surface area contributed by atoms with Crippen LogP contribution in [0.15, 0.2) is 21.3 Å². The predicted octanol–water partition coefficient (Wildman–Crippen LogP) is 1.75. The summed E-state index contributed by atoms with van der Waals surface area (Å²) in [5.41, 5.74) is 3.74. The van der Waals surface area contributed by atoms with E-state index >= 15 is 0 Å². The Kier molecular flexibility index (Phi) is 1.55. The topological polar surface area (TPSA) is 35.1 Å². The number of oxazole rings is 1. The van der Waals surface area contributed by atoms with E-state index in [-0.39, 0.29) is 5.76 Å². The molecule has 0 saturated carbocycles. The highest BCUT2D eigenvalue weighted by molar-refractivity contribution is 5.77. The normalized spacial score (nSPS) is 11.0. The first-order valence-electron chi connectivity index (χ1n) is 4.16. The minimum atomic E-state index is -0.302. The molecule has 0 N–H and O–H groups in total. The van der Waals surface area contributed by atoms with Crippen LogP contribution in [0.25, 0.3) is 11.1 Å². The largest absolute Gasteiger partial charge is 0.419 e. The first-order valence-corrected chi connectivity index (χ1v) is 4.16. The van der Waals surface area contributed by atoms with Crippen molar-refractivity contribution in [1.82, 2.24) is 4.57 Å². The Hall–Kier alpha value is -1.51. The van der Waals surface area contributed by atoms with Crippen molar-refractivity contribution in [3.63, 3.8) is 0 Å². The number of rotatable bonds is 0. The van der Waals surface area contributed by atoms with Crippen molar-refractivity contribution >= 4 is 11.1 Å². The van der Waals surface area contributed by atoms with Gasteiger partial charge in [0.2, 0.25) is 0 Å². The molecule has 0 aliphatic rings. The van der Waals surface area contributed by atoms with Crippen LogP contribution < -0.4 is 5.76 Å². The van der Waals surface area contributed by atoms with Crippen LogP contribution in [0.2, 0.25) is 0 Å². The second-order valence-corrected chi connectivity index (χ2v) is 3.36. The van der Waals surface area contributed by atoms with E-state index in [1.54, 1.807) is 7.05 Å². The third kappa shape index (κ3) is 1.08. The molecule has 68 valence electrons. The Morgan fingerprint density at radius 2 is 2.00 bits per heavy atom. The maximum absolute atomic E-state index is 11.2. The molecule has 0 aliphatic heterocycles. The van der Waals surface area contributed by atoms with Gasteiger partial charge in [-0.15, -0.1) is 0 Å². The van der Waals surface area contributed by atoms with Gasteiger partial charge in [0.1, 0.15) is 0 Å². The lowest BCUT2D eigenvalue weighted by Crippen LogP contribution is -2.08. The number of fused-ring (bicyclic) bond motifs is 1. The second-order valence-electron chi connectivity index (χ2n) is 3.36. The first kappa shape index (κ1) is 8.10. The Balaban J connectivity index is 3.03. The summed E-state index contributed by atoms with van der Waals surface area (Å²) in [6.45, 7) is 3.96. The van der Waals surface area contributed by atoms with Gasteiger partial charge < -0.3 is 4.42 Å². The molecule has 1 heterocycles. The van der Waals surface area contributed by atoms with Crippen LogP contribution in [0.5, 0.6) is 0 Å². The molecule has 2 rings (SSSR count). The molecule has 0 unspecified atom stereocenters. The number of aromatic nitrogens is 1. The van der Waals surface area contributed by atoms with Crippen molar-refractivity contribution in [3.05, 3.63) is 33.8 Å². The van der Waals surface area contributed by atoms with Crippen LogP contribution in [0, 0.1) is 13.8 Å². The molecule has 0 spiro atoms. The fourth-order valence-corrected chi connectivity index (χ4v) is 1.68. The van der Waals surface area contributed by atoms with Crippen LogP contribution in [0.4, 0.5) is 0 Å². The summed E-state index contributed by atoms with van der Waals surface area (Å²) in [6.07, 6.45) is 0. The summed E-state index contributed by atoms with van der Waals surface area (Å²) >= 11 is 0. The van der Waals surface area contributed by atoms with Gasteiger partial charge in [-0.25, -0.2) is 4.79 Å². The summed E-state index contributed by atoms with van der Waals surface area (Å²) in [7, 11) is 1.72. The number of aryl methyl sites for hydroxylation is 3. The first-order chi connectivity index (χ1) is 6.09. The Morgan fingerprint density at radius 3 is 2.69 bits per heavy atom. The molecule has 0 radical (unpaired) electrons. The summed E-state index contributed by atoms with van der Waals surface area (Å²) < 4.78 is 6.60. The number of hydrogen-bond donors (Lipinski definition) is 0. The van der Waals surface area contributed by atoms with Crippen molar-refractivity contribution < 1.29 is 4.42 Å². The van der Waals surface area contributed by atoms with Gasteiger partial charge in [0.15, 0.2) is 5.58 Å². The molecule has 2 aromatic rings. The smallest absolute Gasteiger partial charge is 0.408 e. The zero-order valence-electron chi connectivity index (χ0n) is 7.92. The third-order valence-corrected chi connectivity index (χ3v) is 2.22. The lowest BCUT2D eigenvalue weighted by Gasteiger charge is -1.98. The van der Waals surface area contributed by atoms with Gasteiger partial charge in [-0.3, -0.25) is 4.57 Å². The van der Waals surface area contributed by atoms with E-state index in [1.807, 2.05) is 26.0 Å². The van der Waals surface area contributed by atoms with Crippen LogP contribution in [-0.2, 0) is 7.05 Å². The summed E-state index contributed by atoms with van der Waals surface area (Å²) in [4.78, 5) is 11.2. The summed E-state index contributed by atoms with van der Waals surface area (Å²) in [5.74, 6) is -0.302. The van der Waals surface area contributed by atoms with Gasteiger partial charge in [0.05, 0.1) is 5.52 Å². The monoisotopic (exact) mass is 177 g/mol. The van der Waals surface area contributed by atoms with Crippen LogP contribution in [-0.4, -0.2) is 4.57 Å². The molecule has 0 saturated heterocycles. The van der Waals surface area contributed by atoms with Crippen LogP contribution in [0.3, 0.4) is 0 Å². The molecule has 0 atom stereocenters. The molecular formula is C10H11NO2.